The zero-order valence-corrected chi connectivity index (χ0v) is 10.6. The van der Waals surface area contributed by atoms with Gasteiger partial charge in [-0.1, -0.05) is 12.1 Å². The standard InChI is InChI=1S/C12H20N2O3/c1-4-10-11(9(3)17-14-10)12(16)13-8(2)6-5-7-15/h8,15H,4-7H2,1-3H3,(H,13,16). The molecule has 1 aromatic rings. The molecule has 5 heteroatoms. The largest absolute Gasteiger partial charge is 0.396 e. The van der Waals surface area contributed by atoms with Crippen molar-refractivity contribution in [3.63, 3.8) is 0 Å². The number of aliphatic hydroxyl groups excluding tert-OH is 1. The van der Waals surface area contributed by atoms with Gasteiger partial charge in [0.1, 0.15) is 11.3 Å². The van der Waals surface area contributed by atoms with E-state index in [0.717, 1.165) is 6.42 Å². The van der Waals surface area contributed by atoms with E-state index in [4.69, 9.17) is 9.63 Å². The van der Waals surface area contributed by atoms with Crippen molar-refractivity contribution in [3.05, 3.63) is 17.0 Å². The predicted molar refractivity (Wildman–Crippen MR) is 63.9 cm³/mol. The lowest BCUT2D eigenvalue weighted by Crippen LogP contribution is -2.33. The van der Waals surface area contributed by atoms with Gasteiger partial charge in [-0.3, -0.25) is 4.79 Å². The maximum atomic E-state index is 12.0. The highest BCUT2D eigenvalue weighted by molar-refractivity contribution is 5.96. The molecule has 1 unspecified atom stereocenters. The summed E-state index contributed by atoms with van der Waals surface area (Å²) in [4.78, 5) is 12.0. The molecule has 96 valence electrons. The summed E-state index contributed by atoms with van der Waals surface area (Å²) >= 11 is 0. The van der Waals surface area contributed by atoms with Crippen LogP contribution < -0.4 is 5.32 Å². The smallest absolute Gasteiger partial charge is 0.257 e. The number of aliphatic hydroxyl groups is 1. The Kier molecular flexibility index (Phi) is 5.15. The molecule has 0 saturated carbocycles. The number of nitrogens with zero attached hydrogens (tertiary/aromatic N) is 1. The highest BCUT2D eigenvalue weighted by Gasteiger charge is 2.20. The maximum absolute atomic E-state index is 12.0. The molecule has 1 atom stereocenters. The van der Waals surface area contributed by atoms with Gasteiger partial charge in [-0.2, -0.15) is 0 Å². The molecule has 5 nitrogen and oxygen atoms in total. The lowest BCUT2D eigenvalue weighted by atomic mass is 10.1. The van der Waals surface area contributed by atoms with Crippen LogP contribution in [0.5, 0.6) is 0 Å². The first-order valence-electron chi connectivity index (χ1n) is 5.97. The number of rotatable bonds is 6. The fraction of sp³-hybridized carbons (Fsp3) is 0.667. The van der Waals surface area contributed by atoms with E-state index in [9.17, 15) is 4.79 Å². The minimum absolute atomic E-state index is 0.0358. The van der Waals surface area contributed by atoms with Crippen LogP contribution in [0.3, 0.4) is 0 Å². The lowest BCUT2D eigenvalue weighted by molar-refractivity contribution is 0.0934. The molecule has 1 heterocycles. The van der Waals surface area contributed by atoms with Crippen LogP contribution in [-0.4, -0.2) is 28.8 Å². The Morgan fingerprint density at radius 2 is 2.29 bits per heavy atom. The molecule has 0 aliphatic rings. The number of carbonyl (C=O) groups is 1. The van der Waals surface area contributed by atoms with E-state index in [0.29, 0.717) is 29.9 Å². The average Bonchev–Trinajstić information content (AvgIpc) is 2.67. The number of hydrogen-bond acceptors (Lipinski definition) is 4. The number of hydrogen-bond donors (Lipinski definition) is 2. The third-order valence-corrected chi connectivity index (χ3v) is 2.67. The van der Waals surface area contributed by atoms with Gasteiger partial charge in [-0.05, 0) is 33.1 Å². The van der Waals surface area contributed by atoms with Gasteiger partial charge in [0.15, 0.2) is 0 Å². The Bertz CT molecular complexity index is 374. The third-order valence-electron chi connectivity index (χ3n) is 2.67. The molecule has 0 aliphatic carbocycles. The first kappa shape index (κ1) is 13.7. The summed E-state index contributed by atoms with van der Waals surface area (Å²) in [6.45, 7) is 5.73. The van der Waals surface area contributed by atoms with Gasteiger partial charge in [-0.25, -0.2) is 0 Å². The maximum Gasteiger partial charge on any atom is 0.257 e. The van der Waals surface area contributed by atoms with Crippen LogP contribution in [0.4, 0.5) is 0 Å². The number of aromatic nitrogens is 1. The quantitative estimate of drug-likeness (QED) is 0.789. The van der Waals surface area contributed by atoms with Crippen LogP contribution in [-0.2, 0) is 6.42 Å². The van der Waals surface area contributed by atoms with Crippen molar-refractivity contribution in [3.8, 4) is 0 Å². The number of nitrogens with one attached hydrogen (secondary N) is 1. The molecular formula is C12H20N2O3. The minimum Gasteiger partial charge on any atom is -0.396 e. The zero-order valence-electron chi connectivity index (χ0n) is 10.6. The van der Waals surface area contributed by atoms with Crippen LogP contribution in [0.25, 0.3) is 0 Å². The van der Waals surface area contributed by atoms with Crippen LogP contribution in [0.15, 0.2) is 4.52 Å². The van der Waals surface area contributed by atoms with E-state index in [1.807, 2.05) is 13.8 Å². The summed E-state index contributed by atoms with van der Waals surface area (Å²) in [6, 6.07) is 0.0358. The van der Waals surface area contributed by atoms with Gasteiger partial charge < -0.3 is 14.9 Å². The molecule has 1 rings (SSSR count). The Morgan fingerprint density at radius 3 is 2.88 bits per heavy atom. The summed E-state index contributed by atoms with van der Waals surface area (Å²) in [5, 5.41) is 15.5. The number of amides is 1. The highest BCUT2D eigenvalue weighted by atomic mass is 16.5. The number of carbonyl (C=O) groups excluding carboxylic acids is 1. The highest BCUT2D eigenvalue weighted by Crippen LogP contribution is 2.14. The normalized spacial score (nSPS) is 12.5. The van der Waals surface area contributed by atoms with Crippen LogP contribution in [0.1, 0.15) is 48.5 Å². The van der Waals surface area contributed by atoms with Crippen LogP contribution in [0.2, 0.25) is 0 Å². The van der Waals surface area contributed by atoms with E-state index in [-0.39, 0.29) is 18.6 Å². The molecule has 0 saturated heterocycles. The summed E-state index contributed by atoms with van der Waals surface area (Å²) < 4.78 is 5.02. The molecule has 0 aromatic carbocycles. The van der Waals surface area contributed by atoms with Crippen molar-refractivity contribution in [2.24, 2.45) is 0 Å². The van der Waals surface area contributed by atoms with Crippen LogP contribution >= 0.6 is 0 Å². The first-order valence-corrected chi connectivity index (χ1v) is 5.97. The fourth-order valence-corrected chi connectivity index (χ4v) is 1.72. The van der Waals surface area contributed by atoms with Gasteiger partial charge in [-0.15, -0.1) is 0 Å². The van der Waals surface area contributed by atoms with Crippen molar-refractivity contribution in [2.75, 3.05) is 6.61 Å². The molecular weight excluding hydrogens is 220 g/mol. The van der Waals surface area contributed by atoms with E-state index in [1.54, 1.807) is 6.92 Å². The molecule has 1 amide bonds. The van der Waals surface area contributed by atoms with Crippen molar-refractivity contribution < 1.29 is 14.4 Å². The molecule has 0 radical (unpaired) electrons. The van der Waals surface area contributed by atoms with Crippen molar-refractivity contribution in [2.45, 2.75) is 46.1 Å². The third kappa shape index (κ3) is 3.56. The molecule has 0 aliphatic heterocycles. The summed E-state index contributed by atoms with van der Waals surface area (Å²) in [6.07, 6.45) is 2.11. The molecule has 2 N–H and O–H groups in total. The van der Waals surface area contributed by atoms with E-state index >= 15 is 0 Å². The van der Waals surface area contributed by atoms with E-state index in [1.165, 1.54) is 0 Å². The Morgan fingerprint density at radius 1 is 1.59 bits per heavy atom. The van der Waals surface area contributed by atoms with E-state index < -0.39 is 0 Å². The topological polar surface area (TPSA) is 75.4 Å². The summed E-state index contributed by atoms with van der Waals surface area (Å²) in [5.74, 6) is 0.403. The van der Waals surface area contributed by atoms with Gasteiger partial charge in [0.05, 0.1) is 5.69 Å². The number of aryl methyl sites for hydroxylation is 2. The van der Waals surface area contributed by atoms with Gasteiger partial charge >= 0.3 is 0 Å². The predicted octanol–water partition coefficient (Wildman–Crippen LogP) is 1.44. The summed E-state index contributed by atoms with van der Waals surface area (Å²) in [7, 11) is 0. The molecule has 0 spiro atoms. The second-order valence-electron chi connectivity index (χ2n) is 4.15. The Balaban J connectivity index is 2.66. The lowest BCUT2D eigenvalue weighted by Gasteiger charge is -2.12. The Labute approximate surface area is 101 Å². The SMILES string of the molecule is CCc1noc(C)c1C(=O)NC(C)CCCO. The van der Waals surface area contributed by atoms with Gasteiger partial charge in [0.25, 0.3) is 5.91 Å². The first-order chi connectivity index (χ1) is 8.10. The second kappa shape index (κ2) is 6.39. The molecule has 17 heavy (non-hydrogen) atoms. The fourth-order valence-electron chi connectivity index (χ4n) is 1.72. The minimum atomic E-state index is -0.147. The average molecular weight is 240 g/mol. The van der Waals surface area contributed by atoms with Gasteiger partial charge in [0.2, 0.25) is 0 Å². The van der Waals surface area contributed by atoms with E-state index in [2.05, 4.69) is 10.5 Å². The zero-order chi connectivity index (χ0) is 12.8. The monoisotopic (exact) mass is 240 g/mol. The molecule has 1 aromatic heterocycles. The Hall–Kier alpha value is -1.36. The van der Waals surface area contributed by atoms with Crippen molar-refractivity contribution in [1.82, 2.24) is 10.5 Å². The summed E-state index contributed by atoms with van der Waals surface area (Å²) in [5.41, 5.74) is 1.23. The van der Waals surface area contributed by atoms with Crippen molar-refractivity contribution >= 4 is 5.91 Å². The van der Waals surface area contributed by atoms with Crippen molar-refractivity contribution in [1.29, 1.82) is 0 Å². The van der Waals surface area contributed by atoms with Gasteiger partial charge in [0, 0.05) is 12.6 Å². The second-order valence-corrected chi connectivity index (χ2v) is 4.15. The molecule has 0 bridgehead atoms. The van der Waals surface area contributed by atoms with Crippen LogP contribution in [0, 0.1) is 6.92 Å². The molecule has 0 fully saturated rings.